The highest BCUT2D eigenvalue weighted by Crippen LogP contribution is 2.36. The fourth-order valence-corrected chi connectivity index (χ4v) is 5.69. The van der Waals surface area contributed by atoms with Crippen molar-refractivity contribution in [1.29, 1.82) is 0 Å². The number of nitrogens with one attached hydrogen (secondary N) is 1. The number of carbonyl (C=O) groups is 4. The first-order valence-electron chi connectivity index (χ1n) is 14.3. The van der Waals surface area contributed by atoms with E-state index in [1.807, 2.05) is 60.7 Å². The molecule has 0 aromatic heterocycles. The zero-order valence-electron chi connectivity index (χ0n) is 24.5. The molecule has 3 aliphatic heterocycles. The second kappa shape index (κ2) is 14.4. The third kappa shape index (κ3) is 8.69. The van der Waals surface area contributed by atoms with Crippen LogP contribution < -0.4 is 15.2 Å². The molecule has 1 amide bonds. The van der Waals surface area contributed by atoms with Crippen molar-refractivity contribution in [2.24, 2.45) is 5.92 Å². The number of benzene rings is 3. The molecular formula is C33H33F3N2O7. The van der Waals surface area contributed by atoms with Crippen LogP contribution in [0.4, 0.5) is 13.2 Å². The van der Waals surface area contributed by atoms with Gasteiger partial charge in [-0.25, -0.2) is 4.79 Å². The second-order valence-electron chi connectivity index (χ2n) is 11.1. The number of carboxylic acids is 1. The molecule has 2 bridgehead atoms. The van der Waals surface area contributed by atoms with Gasteiger partial charge in [0.2, 0.25) is 5.78 Å². The highest BCUT2D eigenvalue weighted by atomic mass is 19.4. The van der Waals surface area contributed by atoms with Gasteiger partial charge >= 0.3 is 12.1 Å². The standard InChI is InChI=1S/C31H32N2O5.C2HF3O2/c1-37-26-14-12-25(13-15-26)30(35)32-29(24-10-6-3-7-11-24)31(36)38-28-21-33(18-16-23(28)17-19-33)20-27(34)22-8-4-2-5-9-22;3-2(4,5)1(6)7/h2-15,23,28-29H,16-21H2,1H3;(H,6,7)/t23?,28-,29?,33?;/m0./s1. The molecule has 3 fully saturated rings. The number of aliphatic carboxylic acids is 1. The van der Waals surface area contributed by atoms with Gasteiger partial charge in [0.05, 0.1) is 20.2 Å². The molecule has 2 atom stereocenters. The molecular weight excluding hydrogens is 593 g/mol. The molecule has 1 N–H and O–H groups in total. The zero-order chi connectivity index (χ0) is 32.6. The lowest BCUT2D eigenvalue weighted by Gasteiger charge is -2.51. The molecule has 0 aliphatic carbocycles. The fourth-order valence-electron chi connectivity index (χ4n) is 5.69. The molecule has 12 heteroatoms. The summed E-state index contributed by atoms with van der Waals surface area (Å²) in [5.74, 6) is -2.84. The van der Waals surface area contributed by atoms with Gasteiger partial charge in [-0.3, -0.25) is 9.59 Å². The SMILES string of the molecule is COc1ccc(C(=O)NC(C(=O)O[C@H]2C[N+]3(CC(=O)c4ccccc4)CCC2CC3)c2ccccc2)cc1.O=C([O-])C(F)(F)F. The number of methoxy groups -OCH3 is 1. The van der Waals surface area contributed by atoms with E-state index in [1.165, 1.54) is 0 Å². The van der Waals surface area contributed by atoms with E-state index in [0.717, 1.165) is 25.9 Å². The maximum absolute atomic E-state index is 13.6. The summed E-state index contributed by atoms with van der Waals surface area (Å²) in [6.45, 7) is 2.84. The van der Waals surface area contributed by atoms with E-state index < -0.39 is 24.2 Å². The van der Waals surface area contributed by atoms with Crippen molar-refractivity contribution >= 4 is 23.6 Å². The minimum absolute atomic E-state index is 0.116. The lowest BCUT2D eigenvalue weighted by molar-refractivity contribution is -0.938. The first-order valence-corrected chi connectivity index (χ1v) is 14.3. The lowest BCUT2D eigenvalue weighted by Crippen LogP contribution is -2.66. The number of halogens is 3. The van der Waals surface area contributed by atoms with Crippen LogP contribution in [0, 0.1) is 5.92 Å². The zero-order valence-corrected chi connectivity index (χ0v) is 24.5. The van der Waals surface area contributed by atoms with E-state index in [2.05, 4.69) is 5.32 Å². The Hall–Kier alpha value is -4.71. The monoisotopic (exact) mass is 626 g/mol. The van der Waals surface area contributed by atoms with Crippen LogP contribution in [0.15, 0.2) is 84.9 Å². The Balaban J connectivity index is 0.000000591. The van der Waals surface area contributed by atoms with Gasteiger partial charge < -0.3 is 29.2 Å². The van der Waals surface area contributed by atoms with Crippen molar-refractivity contribution in [2.45, 2.75) is 31.2 Å². The van der Waals surface area contributed by atoms with Crippen molar-refractivity contribution in [3.63, 3.8) is 0 Å². The first-order chi connectivity index (χ1) is 21.4. The summed E-state index contributed by atoms with van der Waals surface area (Å²) in [5, 5.41) is 11.7. The first kappa shape index (κ1) is 33.2. The Kier molecular flexibility index (Phi) is 10.6. The average molecular weight is 627 g/mol. The number of rotatable bonds is 9. The van der Waals surface area contributed by atoms with E-state index in [9.17, 15) is 27.6 Å². The summed E-state index contributed by atoms with van der Waals surface area (Å²) >= 11 is 0. The van der Waals surface area contributed by atoms with Crippen LogP contribution in [0.3, 0.4) is 0 Å². The molecule has 238 valence electrons. The summed E-state index contributed by atoms with van der Waals surface area (Å²) < 4.78 is 43.5. The summed E-state index contributed by atoms with van der Waals surface area (Å²) in [6, 6.07) is 24.3. The number of nitrogens with zero attached hydrogens (tertiary/aromatic N) is 1. The second-order valence-corrected chi connectivity index (χ2v) is 11.1. The topological polar surface area (TPSA) is 122 Å². The number of carboxylic acid groups (broad SMARTS) is 1. The predicted octanol–water partition coefficient (Wildman–Crippen LogP) is 3.50. The lowest BCUT2D eigenvalue weighted by atomic mass is 9.82. The number of esters is 1. The number of piperidine rings is 3. The van der Waals surface area contributed by atoms with Gasteiger partial charge in [-0.05, 0) is 29.8 Å². The molecule has 3 heterocycles. The Morgan fingerprint density at radius 3 is 1.98 bits per heavy atom. The molecule has 1 unspecified atom stereocenters. The molecule has 0 spiro atoms. The largest absolute Gasteiger partial charge is 0.542 e. The number of amides is 1. The van der Waals surface area contributed by atoms with E-state index in [0.29, 0.717) is 40.0 Å². The van der Waals surface area contributed by atoms with Gasteiger partial charge in [-0.1, -0.05) is 60.7 Å². The highest BCUT2D eigenvalue weighted by Gasteiger charge is 2.49. The normalized spacial score (nSPS) is 21.0. The maximum atomic E-state index is 13.6. The number of hydrogen-bond donors (Lipinski definition) is 1. The molecule has 45 heavy (non-hydrogen) atoms. The van der Waals surface area contributed by atoms with E-state index in [4.69, 9.17) is 19.4 Å². The number of ether oxygens (including phenoxy) is 2. The minimum atomic E-state index is -5.19. The van der Waals surface area contributed by atoms with E-state index in [1.54, 1.807) is 31.4 Å². The number of Topliss-reactive ketones (excluding diaryl/α,β-unsaturated/α-hetero) is 1. The Morgan fingerprint density at radius 2 is 1.44 bits per heavy atom. The number of alkyl halides is 3. The molecule has 3 aromatic rings. The molecule has 3 saturated heterocycles. The van der Waals surface area contributed by atoms with Gasteiger partial charge in [0, 0.05) is 29.9 Å². The van der Waals surface area contributed by atoms with Crippen LogP contribution in [0.1, 0.15) is 45.2 Å². The quantitative estimate of drug-likeness (QED) is 0.219. The number of quaternary nitrogens is 1. The number of carbonyl (C=O) groups excluding carboxylic acids is 4. The molecule has 9 nitrogen and oxygen atoms in total. The molecule has 0 saturated carbocycles. The number of hydrogen-bond acceptors (Lipinski definition) is 7. The number of fused-ring (bicyclic) bond motifs is 3. The Labute approximate surface area is 258 Å². The van der Waals surface area contributed by atoms with Crippen LogP contribution in [-0.2, 0) is 14.3 Å². The van der Waals surface area contributed by atoms with Gasteiger partial charge in [-0.2, -0.15) is 13.2 Å². The molecule has 3 aliphatic rings. The third-order valence-electron chi connectivity index (χ3n) is 8.11. The summed E-state index contributed by atoms with van der Waals surface area (Å²) in [4.78, 5) is 48.5. The summed E-state index contributed by atoms with van der Waals surface area (Å²) in [7, 11) is 1.56. The van der Waals surface area contributed by atoms with Crippen LogP contribution in [0.2, 0.25) is 0 Å². The fraction of sp³-hybridized carbons (Fsp3) is 0.333. The van der Waals surface area contributed by atoms with Gasteiger partial charge in [-0.15, -0.1) is 0 Å². The molecule has 6 rings (SSSR count). The van der Waals surface area contributed by atoms with Gasteiger partial charge in [0.15, 0.2) is 12.1 Å². The smallest absolute Gasteiger partial charge is 0.430 e. The van der Waals surface area contributed by atoms with Crippen molar-refractivity contribution < 1.29 is 51.4 Å². The Morgan fingerprint density at radius 1 is 0.889 bits per heavy atom. The van der Waals surface area contributed by atoms with Crippen molar-refractivity contribution in [2.75, 3.05) is 33.3 Å². The highest BCUT2D eigenvalue weighted by molar-refractivity contribution is 5.97. The molecule has 0 radical (unpaired) electrons. The van der Waals surface area contributed by atoms with Crippen LogP contribution in [-0.4, -0.2) is 73.7 Å². The third-order valence-corrected chi connectivity index (χ3v) is 8.11. The average Bonchev–Trinajstić information content (AvgIpc) is 3.04. The van der Waals surface area contributed by atoms with Gasteiger partial charge in [0.1, 0.15) is 24.8 Å². The van der Waals surface area contributed by atoms with Crippen LogP contribution >= 0.6 is 0 Å². The van der Waals surface area contributed by atoms with Crippen LogP contribution in [0.25, 0.3) is 0 Å². The van der Waals surface area contributed by atoms with Gasteiger partial charge in [0.25, 0.3) is 5.91 Å². The maximum Gasteiger partial charge on any atom is 0.430 e. The van der Waals surface area contributed by atoms with Crippen molar-refractivity contribution in [3.05, 3.63) is 102 Å². The van der Waals surface area contributed by atoms with E-state index >= 15 is 0 Å². The molecule has 3 aromatic carbocycles. The van der Waals surface area contributed by atoms with Crippen molar-refractivity contribution in [3.8, 4) is 5.75 Å². The van der Waals surface area contributed by atoms with Crippen LogP contribution in [0.5, 0.6) is 5.75 Å². The predicted molar refractivity (Wildman–Crippen MR) is 154 cm³/mol. The number of ketones is 1. The minimum Gasteiger partial charge on any atom is -0.542 e. The Bertz CT molecular complexity index is 1470. The summed E-state index contributed by atoms with van der Waals surface area (Å²) in [5.41, 5.74) is 1.79. The van der Waals surface area contributed by atoms with E-state index in [-0.39, 0.29) is 23.7 Å². The van der Waals surface area contributed by atoms with Crippen molar-refractivity contribution in [1.82, 2.24) is 5.32 Å². The summed E-state index contributed by atoms with van der Waals surface area (Å²) in [6.07, 6.45) is -3.67.